The molecule has 0 aliphatic carbocycles. The summed E-state index contributed by atoms with van der Waals surface area (Å²) in [5, 5.41) is 0. The predicted molar refractivity (Wildman–Crippen MR) is 36.0 cm³/mol. The summed E-state index contributed by atoms with van der Waals surface area (Å²) in [7, 11) is 0. The summed E-state index contributed by atoms with van der Waals surface area (Å²) in [6.07, 6.45) is 0. The van der Waals surface area contributed by atoms with E-state index < -0.39 is 0 Å². The van der Waals surface area contributed by atoms with Crippen LogP contribution in [0.4, 0.5) is 0 Å². The molecule has 0 bridgehead atoms. The van der Waals surface area contributed by atoms with E-state index in [1.54, 1.807) is 0 Å². The molecule has 9 nitrogen and oxygen atoms in total. The van der Waals surface area contributed by atoms with Crippen LogP contribution < -0.4 is 0 Å². The number of nitroso groups, excluding NO2 is 3. The van der Waals surface area contributed by atoms with Gasteiger partial charge in [-0.15, -0.1) is 0 Å². The Balaban J connectivity index is -0.00000000225. The molecule has 0 aliphatic heterocycles. The van der Waals surface area contributed by atoms with E-state index in [9.17, 15) is 0 Å². The van der Waals surface area contributed by atoms with Crippen LogP contribution in [0.3, 0.4) is 0 Å². The van der Waals surface area contributed by atoms with E-state index in [0.29, 0.717) is 0 Å². The van der Waals surface area contributed by atoms with E-state index in [0.717, 1.165) is 0 Å². The first-order chi connectivity index (χ1) is 3.00. The van der Waals surface area contributed by atoms with Crippen molar-refractivity contribution in [1.82, 2.24) is 0 Å². The van der Waals surface area contributed by atoms with Gasteiger partial charge in [0, 0.05) is 19.5 Å². The van der Waals surface area contributed by atoms with Crippen molar-refractivity contribution in [3.63, 3.8) is 0 Å². The van der Waals surface area contributed by atoms with Crippen molar-refractivity contribution in [2.24, 2.45) is 0 Å². The van der Waals surface area contributed by atoms with Gasteiger partial charge in [0.25, 0.3) is 0 Å². The maximum absolute atomic E-state index is 7.25. The molecule has 0 atom stereocenters. The summed E-state index contributed by atoms with van der Waals surface area (Å²) in [4.78, 5) is 21.8. The topological polar surface area (TPSA) is 219 Å². The minimum atomic E-state index is 0. The van der Waals surface area contributed by atoms with Gasteiger partial charge in [-0.1, -0.05) is 0 Å². The van der Waals surface area contributed by atoms with Crippen molar-refractivity contribution < 1.29 is 19.5 Å². The van der Waals surface area contributed by atoms with Crippen LogP contribution in [0.15, 0.2) is 0 Å². The zero-order chi connectivity index (χ0) is 6.00. The molecule has 0 spiro atoms. The van der Waals surface area contributed by atoms with E-state index in [2.05, 4.69) is 0 Å². The molecular weight excluding hydrogens is 235 g/mol. The molecule has 0 aromatic rings. The second kappa shape index (κ2) is 913. The quantitative estimate of drug-likeness (QED) is 0.583. The van der Waals surface area contributed by atoms with Gasteiger partial charge in [-0.05, 0) is 0 Å². The molecule has 6 N–H and O–H groups in total. The van der Waals surface area contributed by atoms with Gasteiger partial charge in [0.15, 0.2) is 0 Å². The van der Waals surface area contributed by atoms with E-state index >= 15 is 0 Å². The monoisotopic (exact) mass is 241 g/mol. The van der Waals surface area contributed by atoms with Crippen molar-refractivity contribution in [3.8, 4) is 0 Å². The zero-order valence-electron chi connectivity index (χ0n) is 4.63. The van der Waals surface area contributed by atoms with Gasteiger partial charge in [0.2, 0.25) is 0 Å². The van der Waals surface area contributed by atoms with Crippen molar-refractivity contribution >= 4 is 0 Å². The fourth-order valence-corrected chi connectivity index (χ4v) is 0. The molecule has 0 saturated heterocycles. The smallest absolute Gasteiger partial charge is 0 e. The summed E-state index contributed by atoms with van der Waals surface area (Å²) < 4.78 is 0. The molecule has 0 fully saturated rings. The predicted octanol–water partition coefficient (Wildman–Crippen LogP) is 3.12. The Morgan fingerprint density at radius 1 is 0.500 bits per heavy atom. The molecule has 69 valence electrons. The fourth-order valence-electron chi connectivity index (χ4n) is 0. The standard InChI is InChI=1S/3NO.3H2N.Rh/c3*1-2;;;;/h;;;3*1H2;/q6*-1;. The summed E-state index contributed by atoms with van der Waals surface area (Å²) in [6.45, 7) is 0. The van der Waals surface area contributed by atoms with Crippen LogP contribution in [-0.2, 0) is 19.5 Å². The first-order valence-electron chi connectivity index (χ1n) is 0.548. The van der Waals surface area contributed by atoms with Gasteiger partial charge in [-0.2, -0.15) is 0 Å². The Kier molecular flexibility index (Phi) is 11000. The normalized spacial score (nSPS) is 1.20. The van der Waals surface area contributed by atoms with Gasteiger partial charge >= 0.3 is 0 Å². The molecule has 0 unspecified atom stereocenters. The van der Waals surface area contributed by atoms with E-state index in [-0.39, 0.29) is 37.9 Å². The third-order valence-electron chi connectivity index (χ3n) is 0. The first-order valence-corrected chi connectivity index (χ1v) is 0.548. The SMILES string of the molecule is [N-]=O.[N-]=O.[N-]=O.[NH2-].[NH2-].[NH2-].[Rh]. The Morgan fingerprint density at radius 2 is 0.500 bits per heavy atom. The van der Waals surface area contributed by atoms with Crippen molar-refractivity contribution in [1.29, 1.82) is 0 Å². The van der Waals surface area contributed by atoms with Crippen molar-refractivity contribution in [2.75, 3.05) is 0 Å². The van der Waals surface area contributed by atoms with Crippen molar-refractivity contribution in [3.05, 3.63) is 50.0 Å². The maximum Gasteiger partial charge on any atom is 0 e. The average molecular weight is 241 g/mol. The summed E-state index contributed by atoms with van der Waals surface area (Å²) >= 11 is 0. The van der Waals surface area contributed by atoms with E-state index in [4.69, 9.17) is 31.5 Å². The molecule has 0 heterocycles. The molecule has 10 heteroatoms. The maximum atomic E-state index is 7.25. The first kappa shape index (κ1) is 121. The molecule has 0 aromatic heterocycles. The molecule has 0 aromatic carbocycles. The van der Waals surface area contributed by atoms with Gasteiger partial charge in [-0.3, -0.25) is 0 Å². The largest absolute Gasteiger partial charge is 0.693 e. The Bertz CT molecular complexity index is 17.7. The number of nitrogens with two attached hydrogens (primary N) is 3. The van der Waals surface area contributed by atoms with Crippen LogP contribution in [0.1, 0.15) is 0 Å². The summed E-state index contributed by atoms with van der Waals surface area (Å²) in [5.74, 6) is 0. The number of hydrogen-bond acceptors (Lipinski definition) is 3. The van der Waals surface area contributed by atoms with Gasteiger partial charge in [0.05, 0.1) is 0 Å². The second-order valence-electron chi connectivity index (χ2n) is 0. The summed E-state index contributed by atoms with van der Waals surface area (Å²) in [6, 6.07) is 0. The molecule has 0 aliphatic rings. The Morgan fingerprint density at radius 3 is 0.500 bits per heavy atom. The molecule has 1 radical (unpaired) electrons. The number of hydrogen-bond donors (Lipinski definition) is 0. The van der Waals surface area contributed by atoms with Crippen LogP contribution in [-0.4, -0.2) is 0 Å². The molecule has 10 heavy (non-hydrogen) atoms. The third-order valence-corrected chi connectivity index (χ3v) is 0. The molecule has 0 amide bonds. The second-order valence-corrected chi connectivity index (χ2v) is 0. The molecule has 0 saturated carbocycles. The van der Waals surface area contributed by atoms with Gasteiger partial charge < -0.3 is 50.0 Å². The van der Waals surface area contributed by atoms with Crippen molar-refractivity contribution in [2.45, 2.75) is 0 Å². The summed E-state index contributed by atoms with van der Waals surface area (Å²) in [5.41, 5.74) is 17.2. The van der Waals surface area contributed by atoms with Crippen LogP contribution in [0.2, 0.25) is 0 Å². The average Bonchev–Trinajstić information content (AvgIpc) is 1.81. The van der Waals surface area contributed by atoms with Crippen LogP contribution in [0.25, 0.3) is 35.2 Å². The zero-order valence-corrected chi connectivity index (χ0v) is 6.27. The van der Waals surface area contributed by atoms with Crippen LogP contribution in [0, 0.1) is 14.7 Å². The van der Waals surface area contributed by atoms with Gasteiger partial charge in [-0.25, -0.2) is 0 Å². The Labute approximate surface area is 70.1 Å². The van der Waals surface area contributed by atoms with Crippen LogP contribution in [0.5, 0.6) is 0 Å². The Hall–Kier alpha value is -0.697. The van der Waals surface area contributed by atoms with E-state index in [1.165, 1.54) is 0 Å². The fraction of sp³-hybridized carbons (Fsp3) is 0. The van der Waals surface area contributed by atoms with Gasteiger partial charge in [0.1, 0.15) is 0 Å². The molecular formula is H6N6O3Rh-6. The number of rotatable bonds is 0. The third kappa shape index (κ3) is 598. The number of nitrogens with zero attached hydrogens (tertiary/aromatic N) is 3. The van der Waals surface area contributed by atoms with E-state index in [1.807, 2.05) is 0 Å². The van der Waals surface area contributed by atoms with Crippen LogP contribution >= 0.6 is 0 Å². The molecule has 0 rings (SSSR count). The minimum Gasteiger partial charge on any atom is -0.693 e. The minimum absolute atomic E-state index is 0.